The zero-order valence-electron chi connectivity index (χ0n) is 11.8. The number of aromatic nitrogens is 1. The topological polar surface area (TPSA) is 66.6 Å². The van der Waals surface area contributed by atoms with E-state index in [1.54, 1.807) is 0 Å². The van der Waals surface area contributed by atoms with Gasteiger partial charge < -0.3 is 9.63 Å². The summed E-state index contributed by atoms with van der Waals surface area (Å²) in [6.45, 7) is 11.2. The largest absolute Gasteiger partial charge is 0.481 e. The van der Waals surface area contributed by atoms with Crippen LogP contribution in [0, 0.1) is 13.8 Å². The molecule has 5 nitrogen and oxygen atoms in total. The maximum Gasteiger partial charge on any atom is 0.304 e. The van der Waals surface area contributed by atoms with Gasteiger partial charge in [0.1, 0.15) is 5.76 Å². The minimum atomic E-state index is -0.775. The van der Waals surface area contributed by atoms with Crippen molar-refractivity contribution in [2.24, 2.45) is 0 Å². The van der Waals surface area contributed by atoms with Crippen LogP contribution in [0.5, 0.6) is 0 Å². The van der Waals surface area contributed by atoms with Crippen LogP contribution in [0.15, 0.2) is 4.52 Å². The summed E-state index contributed by atoms with van der Waals surface area (Å²) in [6.07, 6.45) is 0.140. The molecule has 1 aromatic rings. The second-order valence-corrected chi connectivity index (χ2v) is 5.54. The summed E-state index contributed by atoms with van der Waals surface area (Å²) in [5.41, 5.74) is 1.83. The molecule has 0 fully saturated rings. The number of hydrogen-bond acceptors (Lipinski definition) is 4. The summed E-state index contributed by atoms with van der Waals surface area (Å²) in [5, 5.41) is 12.7. The Labute approximate surface area is 108 Å². The van der Waals surface area contributed by atoms with Crippen molar-refractivity contribution in [1.82, 2.24) is 10.1 Å². The number of carboxylic acids is 1. The second kappa shape index (κ2) is 5.52. The van der Waals surface area contributed by atoms with Gasteiger partial charge in [0.25, 0.3) is 0 Å². The molecule has 0 spiro atoms. The Hall–Kier alpha value is -1.36. The molecule has 0 aliphatic rings. The van der Waals surface area contributed by atoms with Crippen LogP contribution in [0.4, 0.5) is 0 Å². The van der Waals surface area contributed by atoms with Crippen molar-refractivity contribution in [2.75, 3.05) is 6.54 Å². The molecule has 18 heavy (non-hydrogen) atoms. The molecule has 0 unspecified atom stereocenters. The van der Waals surface area contributed by atoms with E-state index in [1.807, 2.05) is 13.8 Å². The number of rotatable bonds is 5. The summed E-state index contributed by atoms with van der Waals surface area (Å²) in [5.74, 6) is 0.0279. The fourth-order valence-electron chi connectivity index (χ4n) is 1.80. The number of carboxylic acid groups (broad SMARTS) is 1. The molecule has 1 N–H and O–H groups in total. The molecule has 0 bridgehead atoms. The minimum Gasteiger partial charge on any atom is -0.481 e. The van der Waals surface area contributed by atoms with Crippen LogP contribution in [0.1, 0.15) is 44.2 Å². The fourth-order valence-corrected chi connectivity index (χ4v) is 1.80. The lowest BCUT2D eigenvalue weighted by atomic mass is 10.0. The molecule has 5 heteroatoms. The van der Waals surface area contributed by atoms with E-state index < -0.39 is 5.97 Å². The summed E-state index contributed by atoms with van der Waals surface area (Å²) in [4.78, 5) is 12.8. The first-order valence-electron chi connectivity index (χ1n) is 6.10. The van der Waals surface area contributed by atoms with Crippen molar-refractivity contribution in [3.63, 3.8) is 0 Å². The van der Waals surface area contributed by atoms with E-state index in [4.69, 9.17) is 9.63 Å². The molecule has 0 aromatic carbocycles. The van der Waals surface area contributed by atoms with Gasteiger partial charge in [-0.15, -0.1) is 0 Å². The predicted octanol–water partition coefficient (Wildman–Crippen LogP) is 2.37. The Balaban J connectivity index is 2.82. The Morgan fingerprint density at radius 1 is 1.39 bits per heavy atom. The lowest BCUT2D eigenvalue weighted by Gasteiger charge is -2.35. The minimum absolute atomic E-state index is 0.0917. The van der Waals surface area contributed by atoms with E-state index in [-0.39, 0.29) is 12.0 Å². The fraction of sp³-hybridized carbons (Fsp3) is 0.692. The zero-order chi connectivity index (χ0) is 13.9. The maximum atomic E-state index is 10.7. The van der Waals surface area contributed by atoms with Crippen LogP contribution < -0.4 is 0 Å². The summed E-state index contributed by atoms with van der Waals surface area (Å²) >= 11 is 0. The predicted molar refractivity (Wildman–Crippen MR) is 68.4 cm³/mol. The highest BCUT2D eigenvalue weighted by molar-refractivity contribution is 5.66. The van der Waals surface area contributed by atoms with Gasteiger partial charge >= 0.3 is 5.97 Å². The van der Waals surface area contributed by atoms with E-state index in [0.717, 1.165) is 17.0 Å². The standard InChI is InChI=1S/C13H22N2O3/c1-9-11(10(2)18-14-9)8-15(13(3,4)5)7-6-12(16)17/h6-8H2,1-5H3,(H,16,17). The van der Waals surface area contributed by atoms with E-state index in [2.05, 4.69) is 30.8 Å². The van der Waals surface area contributed by atoms with Crippen LogP contribution in [0.3, 0.4) is 0 Å². The van der Waals surface area contributed by atoms with Crippen LogP contribution in [-0.2, 0) is 11.3 Å². The van der Waals surface area contributed by atoms with E-state index in [1.165, 1.54) is 0 Å². The van der Waals surface area contributed by atoms with Crippen molar-refractivity contribution >= 4 is 5.97 Å². The van der Waals surface area contributed by atoms with Gasteiger partial charge in [0.05, 0.1) is 12.1 Å². The van der Waals surface area contributed by atoms with Crippen molar-refractivity contribution in [2.45, 2.75) is 53.1 Å². The van der Waals surface area contributed by atoms with E-state index >= 15 is 0 Å². The normalized spacial score (nSPS) is 12.1. The third kappa shape index (κ3) is 3.84. The first-order valence-corrected chi connectivity index (χ1v) is 6.10. The van der Waals surface area contributed by atoms with Gasteiger partial charge in [-0.2, -0.15) is 0 Å². The number of nitrogens with zero attached hydrogens (tertiary/aromatic N) is 2. The third-order valence-corrected chi connectivity index (χ3v) is 3.07. The van der Waals surface area contributed by atoms with Gasteiger partial charge in [-0.05, 0) is 34.6 Å². The zero-order valence-corrected chi connectivity index (χ0v) is 11.8. The Morgan fingerprint density at radius 2 is 2.00 bits per heavy atom. The van der Waals surface area contributed by atoms with Crippen molar-refractivity contribution in [3.8, 4) is 0 Å². The van der Waals surface area contributed by atoms with Gasteiger partial charge in [0.15, 0.2) is 0 Å². The molecule has 102 valence electrons. The highest BCUT2D eigenvalue weighted by Gasteiger charge is 2.24. The molecule has 0 atom stereocenters. The summed E-state index contributed by atoms with van der Waals surface area (Å²) < 4.78 is 5.14. The molecule has 0 aliphatic heterocycles. The summed E-state index contributed by atoms with van der Waals surface area (Å²) in [7, 11) is 0. The third-order valence-electron chi connectivity index (χ3n) is 3.07. The SMILES string of the molecule is Cc1noc(C)c1CN(CCC(=O)O)C(C)(C)C. The first kappa shape index (κ1) is 14.7. The van der Waals surface area contributed by atoms with Gasteiger partial charge in [0.2, 0.25) is 0 Å². The van der Waals surface area contributed by atoms with E-state index in [9.17, 15) is 4.79 Å². The molecular formula is C13H22N2O3. The number of aliphatic carboxylic acids is 1. The first-order chi connectivity index (χ1) is 8.21. The maximum absolute atomic E-state index is 10.7. The lowest BCUT2D eigenvalue weighted by molar-refractivity contribution is -0.137. The van der Waals surface area contributed by atoms with Crippen LogP contribution in [0.2, 0.25) is 0 Å². The van der Waals surface area contributed by atoms with Crippen LogP contribution >= 0.6 is 0 Å². The smallest absolute Gasteiger partial charge is 0.304 e. The molecule has 1 aromatic heterocycles. The monoisotopic (exact) mass is 254 g/mol. The Bertz CT molecular complexity index is 399. The Kier molecular flexibility index (Phi) is 4.51. The Morgan fingerprint density at radius 3 is 2.39 bits per heavy atom. The number of aryl methyl sites for hydroxylation is 2. The lowest BCUT2D eigenvalue weighted by Crippen LogP contribution is -2.42. The van der Waals surface area contributed by atoms with Gasteiger partial charge in [-0.1, -0.05) is 5.16 Å². The summed E-state index contributed by atoms with van der Waals surface area (Å²) in [6, 6.07) is 0. The number of hydrogen-bond donors (Lipinski definition) is 1. The van der Waals surface area contributed by atoms with Crippen LogP contribution in [0.25, 0.3) is 0 Å². The van der Waals surface area contributed by atoms with Crippen molar-refractivity contribution < 1.29 is 14.4 Å². The average molecular weight is 254 g/mol. The molecule has 1 rings (SSSR count). The quantitative estimate of drug-likeness (QED) is 0.873. The molecule has 1 heterocycles. The van der Waals surface area contributed by atoms with Crippen molar-refractivity contribution in [1.29, 1.82) is 0 Å². The molecule has 0 radical (unpaired) electrons. The highest BCUT2D eigenvalue weighted by atomic mass is 16.5. The van der Waals surface area contributed by atoms with Gasteiger partial charge in [-0.25, -0.2) is 0 Å². The second-order valence-electron chi connectivity index (χ2n) is 5.54. The molecule has 0 aliphatic carbocycles. The average Bonchev–Trinajstić information content (AvgIpc) is 2.52. The van der Waals surface area contributed by atoms with E-state index in [0.29, 0.717) is 13.1 Å². The van der Waals surface area contributed by atoms with Crippen LogP contribution in [-0.4, -0.2) is 33.2 Å². The molecule has 0 saturated heterocycles. The molecule has 0 amide bonds. The molecule has 0 saturated carbocycles. The molecular weight excluding hydrogens is 232 g/mol. The number of carbonyl (C=O) groups is 1. The van der Waals surface area contributed by atoms with Gasteiger partial charge in [0, 0.05) is 24.2 Å². The highest BCUT2D eigenvalue weighted by Crippen LogP contribution is 2.21. The van der Waals surface area contributed by atoms with Gasteiger partial charge in [-0.3, -0.25) is 9.69 Å². The van der Waals surface area contributed by atoms with Crippen molar-refractivity contribution in [3.05, 3.63) is 17.0 Å².